The molecule has 132 valence electrons. The second kappa shape index (κ2) is 7.99. The molecule has 0 aromatic heterocycles. The van der Waals surface area contributed by atoms with Gasteiger partial charge in [-0.05, 0) is 36.4 Å². The first-order valence-corrected chi connectivity index (χ1v) is 9.86. The normalized spacial score (nSPS) is 15.7. The number of nitrogens with zero attached hydrogens (tertiary/aromatic N) is 1. The molecule has 1 saturated heterocycles. The van der Waals surface area contributed by atoms with Gasteiger partial charge in [0.2, 0.25) is 0 Å². The lowest BCUT2D eigenvalue weighted by atomic mass is 10.2. The van der Waals surface area contributed by atoms with Crippen LogP contribution in [0.15, 0.2) is 47.4 Å². The molecule has 1 fully saturated rings. The van der Waals surface area contributed by atoms with Gasteiger partial charge in [-0.2, -0.15) is 0 Å². The van der Waals surface area contributed by atoms with E-state index in [1.54, 1.807) is 30.5 Å². The third-order valence-electron chi connectivity index (χ3n) is 4.01. The Kier molecular flexibility index (Phi) is 5.73. The minimum atomic E-state index is -1.07. The smallest absolute Gasteiger partial charge is 0.255 e. The molecule has 0 bridgehead atoms. The molecule has 1 N–H and O–H groups in total. The molecule has 1 atom stereocenters. The average molecular weight is 379 g/mol. The van der Waals surface area contributed by atoms with E-state index in [-0.39, 0.29) is 5.91 Å². The summed E-state index contributed by atoms with van der Waals surface area (Å²) in [7, 11) is -1.07. The summed E-state index contributed by atoms with van der Waals surface area (Å²) in [6.45, 7) is 2.72. The predicted molar refractivity (Wildman–Crippen MR) is 101 cm³/mol. The van der Waals surface area contributed by atoms with Crippen LogP contribution in [0.5, 0.6) is 0 Å². The Morgan fingerprint density at radius 3 is 2.48 bits per heavy atom. The van der Waals surface area contributed by atoms with Gasteiger partial charge in [0.1, 0.15) is 0 Å². The summed E-state index contributed by atoms with van der Waals surface area (Å²) < 4.78 is 16.8. The Bertz CT molecular complexity index is 789. The lowest BCUT2D eigenvalue weighted by Gasteiger charge is -2.31. The summed E-state index contributed by atoms with van der Waals surface area (Å²) in [5.74, 6) is -0.231. The largest absolute Gasteiger partial charge is 0.378 e. The number of halogens is 1. The van der Waals surface area contributed by atoms with Crippen molar-refractivity contribution in [1.82, 2.24) is 0 Å². The van der Waals surface area contributed by atoms with Crippen LogP contribution in [0.25, 0.3) is 0 Å². The molecule has 1 amide bonds. The van der Waals surface area contributed by atoms with E-state index in [1.807, 2.05) is 18.2 Å². The van der Waals surface area contributed by atoms with Crippen LogP contribution in [0.3, 0.4) is 0 Å². The maximum Gasteiger partial charge on any atom is 0.255 e. The van der Waals surface area contributed by atoms with Gasteiger partial charge in [-0.25, -0.2) is 0 Å². The molecule has 1 aliphatic rings. The molecule has 0 saturated carbocycles. The molecule has 0 spiro atoms. The lowest BCUT2D eigenvalue weighted by Crippen LogP contribution is -2.37. The van der Waals surface area contributed by atoms with E-state index < -0.39 is 10.8 Å². The van der Waals surface area contributed by atoms with E-state index >= 15 is 0 Å². The van der Waals surface area contributed by atoms with Gasteiger partial charge in [-0.15, -0.1) is 0 Å². The minimum Gasteiger partial charge on any atom is -0.378 e. The third kappa shape index (κ3) is 4.21. The number of amides is 1. The fraction of sp³-hybridized carbons (Fsp3) is 0.278. The number of para-hydroxylation sites is 1. The van der Waals surface area contributed by atoms with Crippen LogP contribution in [0.2, 0.25) is 5.02 Å². The van der Waals surface area contributed by atoms with Crippen molar-refractivity contribution in [2.75, 3.05) is 42.8 Å². The maximum atomic E-state index is 12.6. The highest BCUT2D eigenvalue weighted by Crippen LogP contribution is 2.34. The number of nitrogens with one attached hydrogen (secondary N) is 1. The maximum absolute atomic E-state index is 12.6. The number of carbonyl (C=O) groups excluding carboxylic acids is 1. The molecule has 1 unspecified atom stereocenters. The first-order valence-electron chi connectivity index (χ1n) is 7.92. The van der Waals surface area contributed by atoms with E-state index in [0.29, 0.717) is 34.4 Å². The molecule has 0 aliphatic carbocycles. The summed E-state index contributed by atoms with van der Waals surface area (Å²) in [4.78, 5) is 15.4. The van der Waals surface area contributed by atoms with Gasteiger partial charge < -0.3 is 15.0 Å². The SMILES string of the molecule is CS(=O)c1ccc(C(=O)Nc2cccc(Cl)c2N2CCOCC2)cc1. The van der Waals surface area contributed by atoms with Crippen molar-refractivity contribution in [3.05, 3.63) is 53.1 Å². The summed E-state index contributed by atoms with van der Waals surface area (Å²) in [5, 5.41) is 3.53. The lowest BCUT2D eigenvalue weighted by molar-refractivity contribution is 0.102. The van der Waals surface area contributed by atoms with E-state index in [1.165, 1.54) is 0 Å². The fourth-order valence-electron chi connectivity index (χ4n) is 2.72. The molecular formula is C18H19ClN2O3S. The van der Waals surface area contributed by atoms with Crippen molar-refractivity contribution < 1.29 is 13.7 Å². The molecule has 3 rings (SSSR count). The second-order valence-corrected chi connectivity index (χ2v) is 7.45. The zero-order valence-electron chi connectivity index (χ0n) is 13.8. The standard InChI is InChI=1S/C18H19ClN2O3S/c1-25(23)14-7-5-13(6-8-14)18(22)20-16-4-2-3-15(19)17(16)21-9-11-24-12-10-21/h2-8H,9-12H2,1H3,(H,20,22). The van der Waals surface area contributed by atoms with Crippen LogP contribution in [0.4, 0.5) is 11.4 Å². The van der Waals surface area contributed by atoms with Gasteiger partial charge in [-0.1, -0.05) is 17.7 Å². The fourth-order valence-corrected chi connectivity index (χ4v) is 3.53. The van der Waals surface area contributed by atoms with Gasteiger partial charge in [0.25, 0.3) is 5.91 Å². The van der Waals surface area contributed by atoms with Gasteiger partial charge in [-0.3, -0.25) is 9.00 Å². The molecular weight excluding hydrogens is 360 g/mol. The second-order valence-electron chi connectivity index (χ2n) is 5.67. The number of benzene rings is 2. The number of ether oxygens (including phenoxy) is 1. The minimum absolute atomic E-state index is 0.231. The third-order valence-corrected chi connectivity index (χ3v) is 5.25. The monoisotopic (exact) mass is 378 g/mol. The number of hydrogen-bond donors (Lipinski definition) is 1. The number of hydrogen-bond acceptors (Lipinski definition) is 4. The number of carbonyl (C=O) groups is 1. The number of rotatable bonds is 4. The highest BCUT2D eigenvalue weighted by molar-refractivity contribution is 7.84. The van der Waals surface area contributed by atoms with Crippen molar-refractivity contribution in [3.8, 4) is 0 Å². The molecule has 25 heavy (non-hydrogen) atoms. The Labute approximate surface area is 154 Å². The van der Waals surface area contributed by atoms with Crippen LogP contribution in [-0.4, -0.2) is 42.7 Å². The summed E-state index contributed by atoms with van der Waals surface area (Å²) in [6.07, 6.45) is 1.61. The number of anilines is 2. The Hall–Kier alpha value is -1.89. The van der Waals surface area contributed by atoms with Crippen LogP contribution >= 0.6 is 11.6 Å². The summed E-state index contributed by atoms with van der Waals surface area (Å²) in [5.41, 5.74) is 1.98. The first kappa shape index (κ1) is 17.9. The van der Waals surface area contributed by atoms with Crippen molar-refractivity contribution in [2.45, 2.75) is 4.90 Å². The molecule has 2 aromatic carbocycles. The van der Waals surface area contributed by atoms with Crippen LogP contribution in [0.1, 0.15) is 10.4 Å². The quantitative estimate of drug-likeness (QED) is 0.887. The van der Waals surface area contributed by atoms with Crippen LogP contribution < -0.4 is 10.2 Å². The highest BCUT2D eigenvalue weighted by atomic mass is 35.5. The van der Waals surface area contributed by atoms with E-state index in [9.17, 15) is 9.00 Å². The van der Waals surface area contributed by atoms with Gasteiger partial charge >= 0.3 is 0 Å². The van der Waals surface area contributed by atoms with Crippen LogP contribution in [0, 0.1) is 0 Å². The van der Waals surface area contributed by atoms with Crippen LogP contribution in [-0.2, 0) is 15.5 Å². The van der Waals surface area contributed by atoms with Gasteiger partial charge in [0.15, 0.2) is 0 Å². The summed E-state index contributed by atoms with van der Waals surface area (Å²) >= 11 is 6.38. The molecule has 0 radical (unpaired) electrons. The molecule has 7 heteroatoms. The summed E-state index contributed by atoms with van der Waals surface area (Å²) in [6, 6.07) is 12.2. The molecule has 5 nitrogen and oxygen atoms in total. The van der Waals surface area contributed by atoms with E-state index in [4.69, 9.17) is 16.3 Å². The van der Waals surface area contributed by atoms with Crippen molar-refractivity contribution >= 4 is 39.7 Å². The predicted octanol–water partition coefficient (Wildman–Crippen LogP) is 3.17. The first-order chi connectivity index (χ1) is 12.1. The highest BCUT2D eigenvalue weighted by Gasteiger charge is 2.19. The zero-order chi connectivity index (χ0) is 17.8. The van der Waals surface area contributed by atoms with Gasteiger partial charge in [0.05, 0.1) is 29.6 Å². The van der Waals surface area contributed by atoms with E-state index in [2.05, 4.69) is 10.2 Å². The topological polar surface area (TPSA) is 58.6 Å². The Morgan fingerprint density at radius 2 is 1.84 bits per heavy atom. The van der Waals surface area contributed by atoms with E-state index in [0.717, 1.165) is 18.8 Å². The Balaban J connectivity index is 1.83. The van der Waals surface area contributed by atoms with Gasteiger partial charge in [0, 0.05) is 40.6 Å². The average Bonchev–Trinajstić information content (AvgIpc) is 2.62. The molecule has 1 heterocycles. The molecule has 1 aliphatic heterocycles. The zero-order valence-corrected chi connectivity index (χ0v) is 15.4. The Morgan fingerprint density at radius 1 is 1.16 bits per heavy atom. The molecule has 2 aromatic rings. The van der Waals surface area contributed by atoms with Crippen molar-refractivity contribution in [3.63, 3.8) is 0 Å². The number of morpholine rings is 1. The van der Waals surface area contributed by atoms with Crippen molar-refractivity contribution in [1.29, 1.82) is 0 Å². The van der Waals surface area contributed by atoms with Crippen molar-refractivity contribution in [2.24, 2.45) is 0 Å².